The van der Waals surface area contributed by atoms with Gasteiger partial charge in [0.1, 0.15) is 5.56 Å². The van der Waals surface area contributed by atoms with Crippen LogP contribution in [-0.4, -0.2) is 35.8 Å². The lowest BCUT2D eigenvalue weighted by atomic mass is 9.89. The normalized spacial score (nSPS) is 11.5. The van der Waals surface area contributed by atoms with E-state index < -0.39 is 0 Å². The van der Waals surface area contributed by atoms with E-state index in [1.54, 1.807) is 18.3 Å². The van der Waals surface area contributed by atoms with Crippen molar-refractivity contribution in [2.75, 3.05) is 19.8 Å². The third-order valence-corrected chi connectivity index (χ3v) is 3.09. The summed E-state index contributed by atoms with van der Waals surface area (Å²) in [6.07, 6.45) is 2.25. The molecule has 21 heavy (non-hydrogen) atoms. The maximum atomic E-state index is 12.3. The van der Waals surface area contributed by atoms with E-state index in [1.165, 1.54) is 0 Å². The molecule has 0 radical (unpaired) electrons. The van der Waals surface area contributed by atoms with Crippen molar-refractivity contribution in [1.82, 2.24) is 10.3 Å². The van der Waals surface area contributed by atoms with Crippen molar-refractivity contribution in [3.63, 3.8) is 0 Å². The molecule has 0 unspecified atom stereocenters. The molecule has 0 fully saturated rings. The van der Waals surface area contributed by atoms with Gasteiger partial charge in [0.25, 0.3) is 5.91 Å². The van der Waals surface area contributed by atoms with Crippen LogP contribution in [0.4, 0.5) is 0 Å². The standard InChI is InChI=1S/C16H26N2O3/c1-12(2)10-21-15-13(6-5-8-17-15)14(20)18-11-16(3,4)7-9-19/h5-6,8,12,19H,7,9-11H2,1-4H3,(H,18,20). The second-order valence-corrected chi connectivity index (χ2v) is 6.38. The van der Waals surface area contributed by atoms with Crippen molar-refractivity contribution in [3.8, 4) is 5.88 Å². The molecular formula is C16H26N2O3. The highest BCUT2D eigenvalue weighted by Crippen LogP contribution is 2.19. The fourth-order valence-corrected chi connectivity index (χ4v) is 1.73. The van der Waals surface area contributed by atoms with Gasteiger partial charge in [-0.3, -0.25) is 4.79 Å². The zero-order chi connectivity index (χ0) is 15.9. The topological polar surface area (TPSA) is 71.5 Å². The SMILES string of the molecule is CC(C)COc1ncccc1C(=O)NCC(C)(C)CCO. The number of aliphatic hydroxyl groups is 1. The van der Waals surface area contributed by atoms with Crippen LogP contribution in [0, 0.1) is 11.3 Å². The lowest BCUT2D eigenvalue weighted by Gasteiger charge is -2.24. The molecule has 0 saturated carbocycles. The van der Waals surface area contributed by atoms with Crippen LogP contribution in [0.1, 0.15) is 44.5 Å². The van der Waals surface area contributed by atoms with Crippen molar-refractivity contribution in [3.05, 3.63) is 23.9 Å². The number of nitrogens with one attached hydrogen (secondary N) is 1. The molecule has 1 aromatic heterocycles. The van der Waals surface area contributed by atoms with Crippen molar-refractivity contribution in [2.24, 2.45) is 11.3 Å². The van der Waals surface area contributed by atoms with E-state index in [2.05, 4.69) is 10.3 Å². The molecule has 1 rings (SSSR count). The highest BCUT2D eigenvalue weighted by atomic mass is 16.5. The largest absolute Gasteiger partial charge is 0.477 e. The third-order valence-electron chi connectivity index (χ3n) is 3.09. The average molecular weight is 294 g/mol. The molecule has 1 aromatic rings. The van der Waals surface area contributed by atoms with E-state index in [1.807, 2.05) is 27.7 Å². The molecule has 118 valence electrons. The summed E-state index contributed by atoms with van der Waals surface area (Å²) in [5.74, 6) is 0.531. The van der Waals surface area contributed by atoms with Gasteiger partial charge in [0, 0.05) is 19.3 Å². The minimum absolute atomic E-state index is 0.110. The molecule has 0 atom stereocenters. The summed E-state index contributed by atoms with van der Waals surface area (Å²) in [5, 5.41) is 11.9. The summed E-state index contributed by atoms with van der Waals surface area (Å²) in [7, 11) is 0. The number of aliphatic hydroxyl groups excluding tert-OH is 1. The molecule has 2 N–H and O–H groups in total. The number of ether oxygens (including phenoxy) is 1. The number of hydrogen-bond acceptors (Lipinski definition) is 4. The predicted octanol–water partition coefficient (Wildman–Crippen LogP) is 2.25. The van der Waals surface area contributed by atoms with Gasteiger partial charge in [0.2, 0.25) is 5.88 Å². The van der Waals surface area contributed by atoms with Gasteiger partial charge in [-0.25, -0.2) is 4.98 Å². The van der Waals surface area contributed by atoms with Crippen LogP contribution in [0.25, 0.3) is 0 Å². The second kappa shape index (κ2) is 7.98. The van der Waals surface area contributed by atoms with Crippen molar-refractivity contribution in [2.45, 2.75) is 34.1 Å². The first-order valence-corrected chi connectivity index (χ1v) is 7.32. The molecular weight excluding hydrogens is 268 g/mol. The van der Waals surface area contributed by atoms with Gasteiger partial charge in [0.15, 0.2) is 0 Å². The smallest absolute Gasteiger partial charge is 0.256 e. The molecule has 0 spiro atoms. The van der Waals surface area contributed by atoms with Gasteiger partial charge in [-0.15, -0.1) is 0 Å². The summed E-state index contributed by atoms with van der Waals surface area (Å²) in [6.45, 7) is 9.21. The van der Waals surface area contributed by atoms with E-state index in [0.717, 1.165) is 0 Å². The number of amides is 1. The fraction of sp³-hybridized carbons (Fsp3) is 0.625. The Kier molecular flexibility index (Phi) is 6.62. The van der Waals surface area contributed by atoms with E-state index in [0.29, 0.717) is 36.9 Å². The molecule has 1 heterocycles. The molecule has 0 aliphatic carbocycles. The summed E-state index contributed by atoms with van der Waals surface area (Å²) in [4.78, 5) is 16.4. The summed E-state index contributed by atoms with van der Waals surface area (Å²) in [6, 6.07) is 3.42. The minimum atomic E-state index is -0.201. The zero-order valence-electron chi connectivity index (χ0n) is 13.3. The highest BCUT2D eigenvalue weighted by molar-refractivity contribution is 5.96. The van der Waals surface area contributed by atoms with Gasteiger partial charge < -0.3 is 15.2 Å². The van der Waals surface area contributed by atoms with Crippen molar-refractivity contribution in [1.29, 1.82) is 0 Å². The monoisotopic (exact) mass is 294 g/mol. The van der Waals surface area contributed by atoms with Crippen LogP contribution in [0.2, 0.25) is 0 Å². The predicted molar refractivity (Wildman–Crippen MR) is 82.4 cm³/mol. The molecule has 1 amide bonds. The van der Waals surface area contributed by atoms with Gasteiger partial charge >= 0.3 is 0 Å². The Balaban J connectivity index is 2.69. The number of pyridine rings is 1. The molecule has 5 heteroatoms. The van der Waals surface area contributed by atoms with Gasteiger partial charge in [-0.05, 0) is 29.9 Å². The summed E-state index contributed by atoms with van der Waals surface area (Å²) in [5.41, 5.74) is 0.295. The Morgan fingerprint density at radius 3 is 2.81 bits per heavy atom. The summed E-state index contributed by atoms with van der Waals surface area (Å²) < 4.78 is 5.59. The lowest BCUT2D eigenvalue weighted by molar-refractivity contribution is 0.0922. The molecule has 0 aliphatic rings. The highest BCUT2D eigenvalue weighted by Gasteiger charge is 2.20. The number of rotatable bonds is 8. The third kappa shape index (κ3) is 6.12. The van der Waals surface area contributed by atoms with Crippen LogP contribution in [0.5, 0.6) is 5.88 Å². The minimum Gasteiger partial charge on any atom is -0.477 e. The Morgan fingerprint density at radius 2 is 2.19 bits per heavy atom. The molecule has 0 bridgehead atoms. The van der Waals surface area contributed by atoms with E-state index in [-0.39, 0.29) is 17.9 Å². The lowest BCUT2D eigenvalue weighted by Crippen LogP contribution is -2.34. The van der Waals surface area contributed by atoms with Crippen LogP contribution in [0.3, 0.4) is 0 Å². The number of nitrogens with zero attached hydrogens (tertiary/aromatic N) is 1. The number of aromatic nitrogens is 1. The first-order chi connectivity index (χ1) is 9.85. The van der Waals surface area contributed by atoms with E-state index in [9.17, 15) is 4.79 Å². The fourth-order valence-electron chi connectivity index (χ4n) is 1.73. The second-order valence-electron chi connectivity index (χ2n) is 6.38. The number of carbonyl (C=O) groups excluding carboxylic acids is 1. The van der Waals surface area contributed by atoms with Gasteiger partial charge in [-0.2, -0.15) is 0 Å². The maximum absolute atomic E-state index is 12.3. The van der Waals surface area contributed by atoms with Crippen molar-refractivity contribution < 1.29 is 14.6 Å². The Morgan fingerprint density at radius 1 is 1.48 bits per heavy atom. The van der Waals surface area contributed by atoms with Crippen LogP contribution in [-0.2, 0) is 0 Å². The molecule has 5 nitrogen and oxygen atoms in total. The Bertz CT molecular complexity index is 459. The molecule has 0 saturated heterocycles. The molecule has 0 aromatic carbocycles. The summed E-state index contributed by atoms with van der Waals surface area (Å²) >= 11 is 0. The van der Waals surface area contributed by atoms with E-state index >= 15 is 0 Å². The van der Waals surface area contributed by atoms with Crippen LogP contribution >= 0.6 is 0 Å². The Labute approximate surface area is 126 Å². The van der Waals surface area contributed by atoms with E-state index in [4.69, 9.17) is 9.84 Å². The van der Waals surface area contributed by atoms with Crippen LogP contribution in [0.15, 0.2) is 18.3 Å². The average Bonchev–Trinajstić information content (AvgIpc) is 2.43. The number of hydrogen-bond donors (Lipinski definition) is 2. The van der Waals surface area contributed by atoms with Crippen LogP contribution < -0.4 is 10.1 Å². The first-order valence-electron chi connectivity index (χ1n) is 7.32. The maximum Gasteiger partial charge on any atom is 0.256 e. The van der Waals surface area contributed by atoms with Gasteiger partial charge in [0.05, 0.1) is 6.61 Å². The van der Waals surface area contributed by atoms with Crippen molar-refractivity contribution >= 4 is 5.91 Å². The number of carbonyl (C=O) groups is 1. The molecule has 0 aliphatic heterocycles. The van der Waals surface area contributed by atoms with Gasteiger partial charge in [-0.1, -0.05) is 27.7 Å². The quantitative estimate of drug-likeness (QED) is 0.771. The first kappa shape index (κ1) is 17.4. The Hall–Kier alpha value is -1.62. The zero-order valence-corrected chi connectivity index (χ0v) is 13.3.